The first-order valence-electron chi connectivity index (χ1n) is 10.2. The predicted octanol–water partition coefficient (Wildman–Crippen LogP) is 5.85. The SMILES string of the molecule is Fc1ccc(-c2cc3c(-c4ccc(NCc5ccc(C(F)(F)F)nc5)nc4)ncnc3[nH]2)cc1. The lowest BCUT2D eigenvalue weighted by Crippen LogP contribution is -2.08. The molecule has 2 N–H and O–H groups in total. The van der Waals surface area contributed by atoms with E-state index in [0.717, 1.165) is 28.3 Å². The van der Waals surface area contributed by atoms with Gasteiger partial charge in [0.05, 0.1) is 5.69 Å². The summed E-state index contributed by atoms with van der Waals surface area (Å²) in [5, 5.41) is 3.86. The van der Waals surface area contributed by atoms with Gasteiger partial charge < -0.3 is 10.3 Å². The molecule has 0 saturated carbocycles. The minimum Gasteiger partial charge on any atom is -0.366 e. The topological polar surface area (TPSA) is 79.4 Å². The van der Waals surface area contributed by atoms with Crippen molar-refractivity contribution in [2.24, 2.45) is 0 Å². The number of hydrogen-bond acceptors (Lipinski definition) is 5. The number of hydrogen-bond donors (Lipinski definition) is 2. The minimum absolute atomic E-state index is 0.272. The van der Waals surface area contributed by atoms with Gasteiger partial charge in [-0.3, -0.25) is 4.98 Å². The van der Waals surface area contributed by atoms with Gasteiger partial charge in [-0.05, 0) is 59.7 Å². The number of nitrogens with zero attached hydrogens (tertiary/aromatic N) is 4. The predicted molar refractivity (Wildman–Crippen MR) is 119 cm³/mol. The fourth-order valence-electron chi connectivity index (χ4n) is 3.48. The average Bonchev–Trinajstić information content (AvgIpc) is 3.28. The Labute approximate surface area is 190 Å². The van der Waals surface area contributed by atoms with Crippen LogP contribution in [-0.4, -0.2) is 24.9 Å². The number of fused-ring (bicyclic) bond motifs is 1. The first-order valence-corrected chi connectivity index (χ1v) is 10.2. The molecule has 0 aliphatic heterocycles. The molecule has 0 aliphatic rings. The van der Waals surface area contributed by atoms with Crippen molar-refractivity contribution >= 4 is 16.9 Å². The second kappa shape index (κ2) is 8.54. The lowest BCUT2D eigenvalue weighted by atomic mass is 10.1. The number of rotatable bonds is 5. The van der Waals surface area contributed by atoms with E-state index in [4.69, 9.17) is 0 Å². The normalized spacial score (nSPS) is 11.6. The highest BCUT2D eigenvalue weighted by molar-refractivity contribution is 5.94. The molecular weight excluding hydrogens is 448 g/mol. The van der Waals surface area contributed by atoms with Crippen LogP contribution in [-0.2, 0) is 12.7 Å². The summed E-state index contributed by atoms with van der Waals surface area (Å²) in [7, 11) is 0. The van der Waals surface area contributed by atoms with E-state index in [9.17, 15) is 17.6 Å². The number of alkyl halides is 3. The van der Waals surface area contributed by atoms with Gasteiger partial charge >= 0.3 is 6.18 Å². The highest BCUT2D eigenvalue weighted by atomic mass is 19.4. The molecule has 0 radical (unpaired) electrons. The van der Waals surface area contributed by atoms with Crippen LogP contribution in [0.3, 0.4) is 0 Å². The largest absolute Gasteiger partial charge is 0.433 e. The average molecular weight is 464 g/mol. The van der Waals surface area contributed by atoms with Gasteiger partial charge in [-0.2, -0.15) is 13.2 Å². The summed E-state index contributed by atoms with van der Waals surface area (Å²) in [6, 6.07) is 14.0. The molecule has 0 saturated heterocycles. The Morgan fingerprint density at radius 1 is 0.824 bits per heavy atom. The second-order valence-electron chi connectivity index (χ2n) is 7.51. The van der Waals surface area contributed by atoms with E-state index in [1.54, 1.807) is 24.4 Å². The number of nitrogens with one attached hydrogen (secondary N) is 2. The summed E-state index contributed by atoms with van der Waals surface area (Å²) < 4.78 is 51.2. The molecule has 170 valence electrons. The number of halogens is 4. The standard InChI is InChI=1S/C24H16F4N6/c25-17-5-2-15(3-6-17)19-9-18-22(32-13-33-23(18)34-19)16-4-8-21(31-12-16)30-11-14-1-7-20(29-10-14)24(26,27)28/h1-10,12-13H,11H2,(H,30,31)(H,32,33,34). The molecule has 0 fully saturated rings. The molecule has 0 bridgehead atoms. The van der Waals surface area contributed by atoms with Crippen molar-refractivity contribution in [3.63, 3.8) is 0 Å². The number of aromatic amines is 1. The molecular formula is C24H16F4N6. The summed E-state index contributed by atoms with van der Waals surface area (Å²) in [4.78, 5) is 19.7. The molecule has 5 rings (SSSR count). The fraction of sp³-hybridized carbons (Fsp3) is 0.0833. The van der Waals surface area contributed by atoms with Gasteiger partial charge in [0.15, 0.2) is 0 Å². The summed E-state index contributed by atoms with van der Waals surface area (Å²) >= 11 is 0. The molecule has 6 nitrogen and oxygen atoms in total. The molecule has 4 heterocycles. The van der Waals surface area contributed by atoms with Gasteiger partial charge in [0.2, 0.25) is 0 Å². The second-order valence-corrected chi connectivity index (χ2v) is 7.51. The maximum absolute atomic E-state index is 13.2. The monoisotopic (exact) mass is 464 g/mol. The molecule has 5 aromatic rings. The van der Waals surface area contributed by atoms with Crippen LogP contribution in [0.2, 0.25) is 0 Å². The van der Waals surface area contributed by atoms with Crippen molar-refractivity contribution in [1.29, 1.82) is 0 Å². The first-order chi connectivity index (χ1) is 16.4. The molecule has 10 heteroatoms. The molecule has 0 amide bonds. The van der Waals surface area contributed by atoms with Crippen molar-refractivity contribution in [3.05, 3.63) is 90.4 Å². The smallest absolute Gasteiger partial charge is 0.366 e. The molecule has 0 aliphatic carbocycles. The summed E-state index contributed by atoms with van der Waals surface area (Å²) in [5.41, 5.74) is 3.36. The van der Waals surface area contributed by atoms with Crippen molar-refractivity contribution in [1.82, 2.24) is 24.9 Å². The van der Waals surface area contributed by atoms with E-state index >= 15 is 0 Å². The Hall–Kier alpha value is -4.34. The minimum atomic E-state index is -4.46. The third kappa shape index (κ3) is 4.42. The van der Waals surface area contributed by atoms with E-state index in [1.165, 1.54) is 30.7 Å². The summed E-state index contributed by atoms with van der Waals surface area (Å²) in [6.07, 6.45) is -0.173. The van der Waals surface area contributed by atoms with Crippen molar-refractivity contribution < 1.29 is 17.6 Å². The maximum atomic E-state index is 13.2. The van der Waals surface area contributed by atoms with Crippen LogP contribution in [0.15, 0.2) is 73.3 Å². The number of pyridine rings is 2. The van der Waals surface area contributed by atoms with Crippen LogP contribution in [0.4, 0.5) is 23.4 Å². The number of aromatic nitrogens is 5. The van der Waals surface area contributed by atoms with E-state index in [2.05, 4.69) is 30.2 Å². The maximum Gasteiger partial charge on any atom is 0.433 e. The van der Waals surface area contributed by atoms with Gasteiger partial charge in [0, 0.05) is 35.6 Å². The van der Waals surface area contributed by atoms with Crippen LogP contribution < -0.4 is 5.32 Å². The quantitative estimate of drug-likeness (QED) is 0.319. The fourth-order valence-corrected chi connectivity index (χ4v) is 3.48. The van der Waals surface area contributed by atoms with Crippen molar-refractivity contribution in [2.45, 2.75) is 12.7 Å². The molecule has 0 spiro atoms. The Morgan fingerprint density at radius 2 is 1.62 bits per heavy atom. The van der Waals surface area contributed by atoms with Gasteiger partial charge in [-0.25, -0.2) is 19.3 Å². The van der Waals surface area contributed by atoms with Gasteiger partial charge in [-0.1, -0.05) is 6.07 Å². The molecule has 34 heavy (non-hydrogen) atoms. The zero-order valence-corrected chi connectivity index (χ0v) is 17.4. The number of benzene rings is 1. The lowest BCUT2D eigenvalue weighted by molar-refractivity contribution is -0.141. The number of H-pyrrole nitrogens is 1. The van der Waals surface area contributed by atoms with Gasteiger partial charge in [-0.15, -0.1) is 0 Å². The van der Waals surface area contributed by atoms with Crippen LogP contribution in [0.25, 0.3) is 33.5 Å². The summed E-state index contributed by atoms with van der Waals surface area (Å²) in [5.74, 6) is 0.240. The summed E-state index contributed by atoms with van der Waals surface area (Å²) in [6.45, 7) is 0.272. The Morgan fingerprint density at radius 3 is 2.29 bits per heavy atom. The van der Waals surface area contributed by atoms with Crippen LogP contribution >= 0.6 is 0 Å². The molecule has 0 unspecified atom stereocenters. The Balaban J connectivity index is 1.34. The van der Waals surface area contributed by atoms with E-state index < -0.39 is 11.9 Å². The zero-order valence-electron chi connectivity index (χ0n) is 17.4. The Kier molecular flexibility index (Phi) is 5.40. The van der Waals surface area contributed by atoms with E-state index in [1.807, 2.05) is 12.1 Å². The van der Waals surface area contributed by atoms with Gasteiger partial charge in [0.1, 0.15) is 29.3 Å². The highest BCUT2D eigenvalue weighted by Crippen LogP contribution is 2.30. The van der Waals surface area contributed by atoms with Crippen molar-refractivity contribution in [3.8, 4) is 22.5 Å². The van der Waals surface area contributed by atoms with Crippen molar-refractivity contribution in [2.75, 3.05) is 5.32 Å². The molecule has 1 aromatic carbocycles. The van der Waals surface area contributed by atoms with Crippen LogP contribution in [0, 0.1) is 5.82 Å². The van der Waals surface area contributed by atoms with E-state index in [0.29, 0.717) is 22.7 Å². The Bertz CT molecular complexity index is 1430. The van der Waals surface area contributed by atoms with E-state index in [-0.39, 0.29) is 12.4 Å². The number of anilines is 1. The third-order valence-electron chi connectivity index (χ3n) is 5.21. The third-order valence-corrected chi connectivity index (χ3v) is 5.21. The lowest BCUT2D eigenvalue weighted by Gasteiger charge is -2.09. The molecule has 0 atom stereocenters. The first kappa shape index (κ1) is 21.5. The zero-order chi connectivity index (χ0) is 23.7. The van der Waals surface area contributed by atoms with Gasteiger partial charge in [0.25, 0.3) is 0 Å². The van der Waals surface area contributed by atoms with Crippen LogP contribution in [0.5, 0.6) is 0 Å². The van der Waals surface area contributed by atoms with Crippen LogP contribution in [0.1, 0.15) is 11.3 Å². The molecule has 4 aromatic heterocycles. The highest BCUT2D eigenvalue weighted by Gasteiger charge is 2.31.